The van der Waals surface area contributed by atoms with E-state index in [2.05, 4.69) is 54.4 Å². The number of hydrogen-bond acceptors (Lipinski definition) is 7. The standard InChI is InChI=1S/C23H29FN6O4Si/c1-15(13-34-35(5,6)23(2,3)4)29-14-25-28-21(29)19-8-7-9-20(26-19)27-22(31)17-12-16(30(32)33)10-11-18(17)24/h7-12,14-15H,13H2,1-6H3,(H,26,27,31). The Morgan fingerprint density at radius 3 is 2.66 bits per heavy atom. The van der Waals surface area contributed by atoms with E-state index in [1.165, 1.54) is 6.07 Å². The van der Waals surface area contributed by atoms with Crippen LogP contribution in [0.25, 0.3) is 11.5 Å². The maximum absolute atomic E-state index is 14.1. The van der Waals surface area contributed by atoms with Crippen molar-refractivity contribution in [2.75, 3.05) is 11.9 Å². The highest BCUT2D eigenvalue weighted by atomic mass is 28.4. The summed E-state index contributed by atoms with van der Waals surface area (Å²) in [4.78, 5) is 27.3. The second-order valence-electron chi connectivity index (χ2n) is 9.77. The molecular formula is C23H29FN6O4Si. The van der Waals surface area contributed by atoms with Crippen molar-refractivity contribution in [2.24, 2.45) is 0 Å². The molecule has 0 bridgehead atoms. The van der Waals surface area contributed by atoms with Gasteiger partial charge in [0.25, 0.3) is 11.6 Å². The largest absolute Gasteiger partial charge is 0.415 e. The highest BCUT2D eigenvalue weighted by Crippen LogP contribution is 2.37. The minimum absolute atomic E-state index is 0.0758. The van der Waals surface area contributed by atoms with E-state index in [-0.39, 0.29) is 22.6 Å². The van der Waals surface area contributed by atoms with Gasteiger partial charge in [-0.15, -0.1) is 10.2 Å². The van der Waals surface area contributed by atoms with E-state index in [1.54, 1.807) is 18.5 Å². The lowest BCUT2D eigenvalue weighted by atomic mass is 10.1. The summed E-state index contributed by atoms with van der Waals surface area (Å²) >= 11 is 0. The summed E-state index contributed by atoms with van der Waals surface area (Å²) in [6.07, 6.45) is 1.60. The molecule has 1 N–H and O–H groups in total. The molecule has 1 aromatic carbocycles. The van der Waals surface area contributed by atoms with Crippen LogP contribution in [0, 0.1) is 15.9 Å². The molecule has 0 saturated carbocycles. The van der Waals surface area contributed by atoms with Crippen molar-refractivity contribution in [3.63, 3.8) is 0 Å². The predicted octanol–water partition coefficient (Wildman–Crippen LogP) is 5.22. The van der Waals surface area contributed by atoms with E-state index >= 15 is 0 Å². The van der Waals surface area contributed by atoms with Gasteiger partial charge in [0.15, 0.2) is 14.1 Å². The number of benzene rings is 1. The number of aromatic nitrogens is 4. The summed E-state index contributed by atoms with van der Waals surface area (Å²) in [6, 6.07) is 7.59. The summed E-state index contributed by atoms with van der Waals surface area (Å²) in [5.41, 5.74) is -0.398. The number of hydrogen-bond donors (Lipinski definition) is 1. The fourth-order valence-corrected chi connectivity index (χ4v) is 4.08. The van der Waals surface area contributed by atoms with Crippen molar-refractivity contribution < 1.29 is 18.5 Å². The second-order valence-corrected chi connectivity index (χ2v) is 14.6. The first-order chi connectivity index (χ1) is 16.3. The van der Waals surface area contributed by atoms with Gasteiger partial charge in [-0.1, -0.05) is 26.8 Å². The average Bonchev–Trinajstić information content (AvgIpc) is 3.27. The van der Waals surface area contributed by atoms with Crippen LogP contribution in [-0.2, 0) is 4.43 Å². The Bertz CT molecular complexity index is 1240. The van der Waals surface area contributed by atoms with Crippen molar-refractivity contribution in [1.82, 2.24) is 19.7 Å². The van der Waals surface area contributed by atoms with Crippen molar-refractivity contribution in [1.29, 1.82) is 0 Å². The highest BCUT2D eigenvalue weighted by molar-refractivity contribution is 6.74. The monoisotopic (exact) mass is 500 g/mol. The Labute approximate surface area is 203 Å². The lowest BCUT2D eigenvalue weighted by Crippen LogP contribution is -2.42. The number of nitro groups is 1. The zero-order chi connectivity index (χ0) is 26.0. The van der Waals surface area contributed by atoms with E-state index in [0.717, 1.165) is 18.2 Å². The average molecular weight is 501 g/mol. The molecule has 0 fully saturated rings. The van der Waals surface area contributed by atoms with Crippen LogP contribution in [0.15, 0.2) is 42.7 Å². The van der Waals surface area contributed by atoms with Gasteiger partial charge in [-0.3, -0.25) is 14.9 Å². The molecule has 1 atom stereocenters. The number of nitrogens with one attached hydrogen (secondary N) is 1. The molecule has 0 aliphatic heterocycles. The molecule has 3 rings (SSSR count). The van der Waals surface area contributed by atoms with Crippen molar-refractivity contribution in [3.8, 4) is 11.5 Å². The van der Waals surface area contributed by atoms with Crippen LogP contribution in [0.4, 0.5) is 15.9 Å². The third-order valence-electron chi connectivity index (χ3n) is 6.16. The van der Waals surface area contributed by atoms with Gasteiger partial charge in [0.05, 0.1) is 23.1 Å². The topological polar surface area (TPSA) is 125 Å². The molecule has 1 amide bonds. The minimum Gasteiger partial charge on any atom is -0.415 e. The summed E-state index contributed by atoms with van der Waals surface area (Å²) in [7, 11) is -1.94. The number of carbonyl (C=O) groups is 1. The predicted molar refractivity (Wildman–Crippen MR) is 132 cm³/mol. The third kappa shape index (κ3) is 5.95. The summed E-state index contributed by atoms with van der Waals surface area (Å²) in [6.45, 7) is 13.4. The SMILES string of the molecule is CC(CO[Si](C)(C)C(C)(C)C)n1cnnc1-c1cccc(NC(=O)c2cc([N+](=O)[O-])ccc2F)n1. The first kappa shape index (κ1) is 26.1. The zero-order valence-electron chi connectivity index (χ0n) is 20.6. The molecule has 12 heteroatoms. The van der Waals surface area contributed by atoms with Crippen LogP contribution in [-0.4, -0.2) is 45.5 Å². The minimum atomic E-state index is -1.94. The molecule has 2 aromatic heterocycles. The molecule has 0 aliphatic rings. The van der Waals surface area contributed by atoms with Gasteiger partial charge >= 0.3 is 0 Å². The first-order valence-electron chi connectivity index (χ1n) is 11.1. The van der Waals surface area contributed by atoms with Crippen LogP contribution >= 0.6 is 0 Å². The molecule has 0 aliphatic carbocycles. The number of rotatable bonds is 8. The molecule has 186 valence electrons. The van der Waals surface area contributed by atoms with Gasteiger partial charge in [0.1, 0.15) is 23.7 Å². The first-order valence-corrected chi connectivity index (χ1v) is 14.0. The van der Waals surface area contributed by atoms with Gasteiger partial charge in [-0.05, 0) is 43.3 Å². The Kier molecular flexibility index (Phi) is 7.46. The van der Waals surface area contributed by atoms with E-state index < -0.39 is 30.5 Å². The number of non-ortho nitro benzene ring substituents is 1. The third-order valence-corrected chi connectivity index (χ3v) is 10.7. The van der Waals surface area contributed by atoms with E-state index in [4.69, 9.17) is 4.43 Å². The quantitative estimate of drug-likeness (QED) is 0.255. The number of carbonyl (C=O) groups excluding carboxylic acids is 1. The molecule has 3 aromatic rings. The van der Waals surface area contributed by atoms with Gasteiger partial charge in [0, 0.05) is 12.1 Å². The number of anilines is 1. The second kappa shape index (κ2) is 10.00. The Balaban J connectivity index is 1.80. The lowest BCUT2D eigenvalue weighted by Gasteiger charge is -2.37. The van der Waals surface area contributed by atoms with Crippen LogP contribution in [0.3, 0.4) is 0 Å². The van der Waals surface area contributed by atoms with E-state index in [9.17, 15) is 19.3 Å². The van der Waals surface area contributed by atoms with Crippen LogP contribution in [0.1, 0.15) is 44.1 Å². The molecular weight excluding hydrogens is 471 g/mol. The number of halogens is 1. The van der Waals surface area contributed by atoms with Gasteiger partial charge in [-0.25, -0.2) is 9.37 Å². The number of nitro benzene ring substituents is 1. The summed E-state index contributed by atoms with van der Waals surface area (Å²) in [5.74, 6) is -1.11. The number of nitrogens with zero attached hydrogens (tertiary/aromatic N) is 5. The Hall–Kier alpha value is -3.51. The normalized spacial score (nSPS) is 12.9. The molecule has 35 heavy (non-hydrogen) atoms. The maximum atomic E-state index is 14.1. The van der Waals surface area contributed by atoms with Crippen molar-refractivity contribution in [3.05, 3.63) is 64.2 Å². The molecule has 10 nitrogen and oxygen atoms in total. The lowest BCUT2D eigenvalue weighted by molar-refractivity contribution is -0.384. The number of amides is 1. The van der Waals surface area contributed by atoms with E-state index in [1.807, 2.05) is 11.5 Å². The van der Waals surface area contributed by atoms with Gasteiger partial charge in [-0.2, -0.15) is 0 Å². The molecule has 0 spiro atoms. The highest BCUT2D eigenvalue weighted by Gasteiger charge is 2.37. The summed E-state index contributed by atoms with van der Waals surface area (Å²) in [5, 5.41) is 21.7. The molecule has 2 heterocycles. The fourth-order valence-electron chi connectivity index (χ4n) is 2.99. The van der Waals surface area contributed by atoms with Crippen molar-refractivity contribution >= 4 is 25.7 Å². The molecule has 0 saturated heterocycles. The number of pyridine rings is 1. The molecule has 0 radical (unpaired) electrons. The van der Waals surface area contributed by atoms with Crippen LogP contribution in [0.5, 0.6) is 0 Å². The zero-order valence-corrected chi connectivity index (χ0v) is 21.6. The van der Waals surface area contributed by atoms with Gasteiger partial charge < -0.3 is 14.3 Å². The fraction of sp³-hybridized carbons (Fsp3) is 0.391. The Morgan fingerprint density at radius 2 is 2.00 bits per heavy atom. The molecule has 1 unspecified atom stereocenters. The smallest absolute Gasteiger partial charge is 0.270 e. The van der Waals surface area contributed by atoms with E-state index in [0.29, 0.717) is 18.1 Å². The van der Waals surface area contributed by atoms with Crippen LogP contribution in [0.2, 0.25) is 18.1 Å². The summed E-state index contributed by atoms with van der Waals surface area (Å²) < 4.78 is 22.3. The van der Waals surface area contributed by atoms with Crippen molar-refractivity contribution in [2.45, 2.75) is 51.9 Å². The van der Waals surface area contributed by atoms with Crippen LogP contribution < -0.4 is 5.32 Å². The maximum Gasteiger partial charge on any atom is 0.270 e. The van der Waals surface area contributed by atoms with Gasteiger partial charge in [0.2, 0.25) is 0 Å². The Morgan fingerprint density at radius 1 is 1.29 bits per heavy atom.